The first-order valence-corrected chi connectivity index (χ1v) is 28.0. The van der Waals surface area contributed by atoms with Crippen molar-refractivity contribution < 1.29 is 32.9 Å². The summed E-state index contributed by atoms with van der Waals surface area (Å²) in [5, 5.41) is 14.0. The zero-order valence-corrected chi connectivity index (χ0v) is 42.3. The standard InChI is InChI=1S/C52H105N2O6P/c1-6-8-10-12-14-16-18-19-20-21-22-23-24-25-26-27-28-29-30-31-32-33-34-35-36-38-40-42-44-46-52(56)53-50(49-60-61(57,58)59-48-47-54(3,4)5)51(55)45-43-41-39-37-17-15-13-11-9-7-2/h21-22,50-51,55H,6-20,23-49H2,1-5H3,(H-,53,56,57,58)/p+1/b22-21-. The molecule has 0 saturated carbocycles. The lowest BCUT2D eigenvalue weighted by Gasteiger charge is -2.26. The van der Waals surface area contributed by atoms with Gasteiger partial charge in [0.25, 0.3) is 0 Å². The van der Waals surface area contributed by atoms with Gasteiger partial charge in [0, 0.05) is 6.42 Å². The lowest BCUT2D eigenvalue weighted by atomic mass is 10.0. The van der Waals surface area contributed by atoms with Crippen LogP contribution in [-0.4, -0.2) is 73.4 Å². The highest BCUT2D eigenvalue weighted by Gasteiger charge is 2.28. The summed E-state index contributed by atoms with van der Waals surface area (Å²) in [6.07, 6.45) is 52.7. The summed E-state index contributed by atoms with van der Waals surface area (Å²) in [4.78, 5) is 23.2. The Hall–Kier alpha value is -0.760. The molecule has 0 radical (unpaired) electrons. The largest absolute Gasteiger partial charge is 0.472 e. The van der Waals surface area contributed by atoms with Gasteiger partial charge in [0.05, 0.1) is 39.9 Å². The number of hydrogen-bond donors (Lipinski definition) is 3. The molecule has 0 aromatic heterocycles. The molecule has 0 aromatic rings. The first-order chi connectivity index (χ1) is 29.5. The molecule has 0 aliphatic carbocycles. The van der Waals surface area contributed by atoms with Crippen LogP contribution in [-0.2, 0) is 18.4 Å². The van der Waals surface area contributed by atoms with Crippen molar-refractivity contribution >= 4 is 13.7 Å². The summed E-state index contributed by atoms with van der Waals surface area (Å²) in [7, 11) is 1.63. The third-order valence-corrected chi connectivity index (χ3v) is 13.2. The van der Waals surface area contributed by atoms with Crippen LogP contribution in [0.3, 0.4) is 0 Å². The summed E-state index contributed by atoms with van der Waals surface area (Å²) >= 11 is 0. The highest BCUT2D eigenvalue weighted by Crippen LogP contribution is 2.43. The van der Waals surface area contributed by atoms with Gasteiger partial charge in [0.15, 0.2) is 0 Å². The number of aliphatic hydroxyl groups excluding tert-OH is 1. The normalized spacial score (nSPS) is 14.1. The number of nitrogens with one attached hydrogen (secondary N) is 1. The van der Waals surface area contributed by atoms with E-state index in [1.54, 1.807) is 0 Å². The lowest BCUT2D eigenvalue weighted by Crippen LogP contribution is -2.46. The molecule has 364 valence electrons. The molecule has 61 heavy (non-hydrogen) atoms. The number of aliphatic hydroxyl groups is 1. The van der Waals surface area contributed by atoms with Gasteiger partial charge in [0.2, 0.25) is 5.91 Å². The average Bonchev–Trinajstić information content (AvgIpc) is 3.21. The molecule has 3 N–H and O–H groups in total. The van der Waals surface area contributed by atoms with Gasteiger partial charge in [-0.3, -0.25) is 13.8 Å². The Balaban J connectivity index is 3.98. The molecule has 0 aliphatic heterocycles. The van der Waals surface area contributed by atoms with E-state index in [0.717, 1.165) is 38.5 Å². The molecule has 0 bridgehead atoms. The summed E-state index contributed by atoms with van der Waals surface area (Å²) in [5.74, 6) is -0.142. The van der Waals surface area contributed by atoms with Crippen LogP contribution in [0.25, 0.3) is 0 Å². The van der Waals surface area contributed by atoms with Crippen LogP contribution in [0, 0.1) is 0 Å². The molecule has 3 unspecified atom stereocenters. The zero-order valence-electron chi connectivity index (χ0n) is 41.4. The summed E-state index contributed by atoms with van der Waals surface area (Å²) < 4.78 is 23.6. The molecule has 0 spiro atoms. The number of likely N-dealkylation sites (N-methyl/N-ethyl adjacent to an activating group) is 1. The van der Waals surface area contributed by atoms with Gasteiger partial charge < -0.3 is 19.8 Å². The topological polar surface area (TPSA) is 105 Å². The first-order valence-electron chi connectivity index (χ1n) is 26.6. The third kappa shape index (κ3) is 47.0. The van der Waals surface area contributed by atoms with Gasteiger partial charge >= 0.3 is 7.82 Å². The van der Waals surface area contributed by atoms with Crippen molar-refractivity contribution in [2.45, 2.75) is 276 Å². The van der Waals surface area contributed by atoms with Crippen molar-refractivity contribution in [2.75, 3.05) is 40.9 Å². The monoisotopic (exact) mass is 886 g/mol. The SMILES string of the molecule is CCCCCCCCCC/C=C\CCCCCCCCCCCCCCCCCCCC(=O)NC(COP(=O)(O)OCC[N+](C)(C)C)C(O)CCCCCCCCCCCC. The van der Waals surface area contributed by atoms with Crippen LogP contribution in [0.4, 0.5) is 0 Å². The van der Waals surface area contributed by atoms with Gasteiger partial charge in [0.1, 0.15) is 13.2 Å². The predicted octanol–water partition coefficient (Wildman–Crippen LogP) is 15.5. The Kier molecular flexibility index (Phi) is 43.9. The molecule has 1 amide bonds. The van der Waals surface area contributed by atoms with Crippen molar-refractivity contribution in [3.63, 3.8) is 0 Å². The fourth-order valence-electron chi connectivity index (χ4n) is 8.04. The van der Waals surface area contributed by atoms with Crippen molar-refractivity contribution in [3.05, 3.63) is 12.2 Å². The van der Waals surface area contributed by atoms with Crippen LogP contribution in [0.5, 0.6) is 0 Å². The molecule has 0 aromatic carbocycles. The summed E-state index contributed by atoms with van der Waals surface area (Å²) in [6.45, 7) is 4.89. The van der Waals surface area contributed by atoms with Crippen molar-refractivity contribution in [2.24, 2.45) is 0 Å². The highest BCUT2D eigenvalue weighted by atomic mass is 31.2. The van der Waals surface area contributed by atoms with Gasteiger partial charge in [-0.25, -0.2) is 4.57 Å². The molecular weight excluding hydrogens is 780 g/mol. The number of rotatable bonds is 49. The van der Waals surface area contributed by atoms with Gasteiger partial charge in [-0.15, -0.1) is 0 Å². The smallest absolute Gasteiger partial charge is 0.391 e. The number of hydrogen-bond acceptors (Lipinski definition) is 5. The Morgan fingerprint density at radius 1 is 0.541 bits per heavy atom. The van der Waals surface area contributed by atoms with E-state index in [1.807, 2.05) is 21.1 Å². The summed E-state index contributed by atoms with van der Waals surface area (Å²) in [5.41, 5.74) is 0. The average molecular weight is 886 g/mol. The maximum Gasteiger partial charge on any atom is 0.472 e. The predicted molar refractivity (Wildman–Crippen MR) is 263 cm³/mol. The Morgan fingerprint density at radius 2 is 0.885 bits per heavy atom. The molecular formula is C52H106N2O6P+. The number of phosphoric acid groups is 1. The third-order valence-electron chi connectivity index (χ3n) is 12.3. The van der Waals surface area contributed by atoms with E-state index in [9.17, 15) is 19.4 Å². The molecule has 9 heteroatoms. The fourth-order valence-corrected chi connectivity index (χ4v) is 8.78. The maximum absolute atomic E-state index is 12.9. The maximum atomic E-state index is 12.9. The molecule has 3 atom stereocenters. The number of nitrogens with zero attached hydrogens (tertiary/aromatic N) is 1. The molecule has 0 rings (SSSR count). The first kappa shape index (κ1) is 60.2. The van der Waals surface area contributed by atoms with Crippen LogP contribution in [0.15, 0.2) is 12.2 Å². The van der Waals surface area contributed by atoms with E-state index in [4.69, 9.17) is 9.05 Å². The molecule has 8 nitrogen and oxygen atoms in total. The minimum atomic E-state index is -4.31. The number of allylic oxidation sites excluding steroid dienone is 2. The minimum absolute atomic E-state index is 0.0773. The second-order valence-corrected chi connectivity index (χ2v) is 21.1. The number of carbonyl (C=O) groups is 1. The van der Waals surface area contributed by atoms with Crippen molar-refractivity contribution in [1.82, 2.24) is 5.32 Å². The summed E-state index contributed by atoms with van der Waals surface area (Å²) in [6, 6.07) is -0.754. The molecule has 0 saturated heterocycles. The van der Waals surface area contributed by atoms with E-state index in [1.165, 1.54) is 199 Å². The Labute approximate surface area is 380 Å². The van der Waals surface area contributed by atoms with E-state index in [2.05, 4.69) is 31.3 Å². The molecule has 0 heterocycles. The van der Waals surface area contributed by atoms with E-state index >= 15 is 0 Å². The number of unbranched alkanes of at least 4 members (excludes halogenated alkanes) is 34. The van der Waals surface area contributed by atoms with Crippen LogP contribution < -0.4 is 5.32 Å². The van der Waals surface area contributed by atoms with Gasteiger partial charge in [-0.1, -0.05) is 231 Å². The fraction of sp³-hybridized carbons (Fsp3) is 0.942. The number of quaternary nitrogens is 1. The zero-order chi connectivity index (χ0) is 45.0. The second kappa shape index (κ2) is 44.4. The van der Waals surface area contributed by atoms with E-state index < -0.39 is 20.0 Å². The Morgan fingerprint density at radius 3 is 1.26 bits per heavy atom. The quantitative estimate of drug-likeness (QED) is 0.0243. The van der Waals surface area contributed by atoms with E-state index in [0.29, 0.717) is 23.9 Å². The van der Waals surface area contributed by atoms with Gasteiger partial charge in [-0.2, -0.15) is 0 Å². The lowest BCUT2D eigenvalue weighted by molar-refractivity contribution is -0.870. The number of amides is 1. The molecule has 0 aliphatic rings. The van der Waals surface area contributed by atoms with Crippen LogP contribution >= 0.6 is 7.82 Å². The Bertz CT molecular complexity index is 1000. The number of carbonyl (C=O) groups excluding carboxylic acids is 1. The minimum Gasteiger partial charge on any atom is -0.391 e. The second-order valence-electron chi connectivity index (χ2n) is 19.6. The van der Waals surface area contributed by atoms with Gasteiger partial charge in [-0.05, 0) is 38.5 Å². The van der Waals surface area contributed by atoms with Crippen molar-refractivity contribution in [1.29, 1.82) is 0 Å². The number of phosphoric ester groups is 1. The molecule has 0 fully saturated rings. The highest BCUT2D eigenvalue weighted by molar-refractivity contribution is 7.47. The van der Waals surface area contributed by atoms with Crippen molar-refractivity contribution in [3.8, 4) is 0 Å². The van der Waals surface area contributed by atoms with E-state index in [-0.39, 0.29) is 19.1 Å². The van der Waals surface area contributed by atoms with Crippen LogP contribution in [0.1, 0.15) is 264 Å². The van der Waals surface area contributed by atoms with Crippen LogP contribution in [0.2, 0.25) is 0 Å².